The van der Waals surface area contributed by atoms with Gasteiger partial charge in [-0.3, -0.25) is 0 Å². The highest BCUT2D eigenvalue weighted by molar-refractivity contribution is 7.11. The van der Waals surface area contributed by atoms with Crippen molar-refractivity contribution in [3.05, 3.63) is 16.1 Å². The Morgan fingerprint density at radius 1 is 1.33 bits per heavy atom. The zero-order valence-corrected chi connectivity index (χ0v) is 12.6. The van der Waals surface area contributed by atoms with Gasteiger partial charge in [-0.05, 0) is 32.1 Å². The first kappa shape index (κ1) is 14.0. The van der Waals surface area contributed by atoms with Gasteiger partial charge >= 0.3 is 0 Å². The van der Waals surface area contributed by atoms with Crippen molar-refractivity contribution in [1.82, 2.24) is 10.3 Å². The average Bonchev–Trinajstić information content (AvgIpc) is 2.64. The lowest BCUT2D eigenvalue weighted by atomic mass is 9.95. The topological polar surface area (TPSA) is 24.9 Å². The van der Waals surface area contributed by atoms with E-state index in [2.05, 4.69) is 24.1 Å². The summed E-state index contributed by atoms with van der Waals surface area (Å²) in [6.45, 7) is 5.40. The molecule has 3 heteroatoms. The van der Waals surface area contributed by atoms with Gasteiger partial charge in [0.25, 0.3) is 0 Å². The molecule has 1 aromatic rings. The summed E-state index contributed by atoms with van der Waals surface area (Å²) in [5.41, 5.74) is 0. The van der Waals surface area contributed by atoms with E-state index in [4.69, 9.17) is 0 Å². The van der Waals surface area contributed by atoms with Gasteiger partial charge in [-0.2, -0.15) is 0 Å². The van der Waals surface area contributed by atoms with Crippen LogP contribution in [0.15, 0.2) is 6.20 Å². The van der Waals surface area contributed by atoms with Crippen molar-refractivity contribution in [2.45, 2.75) is 71.4 Å². The summed E-state index contributed by atoms with van der Waals surface area (Å²) < 4.78 is 0. The Labute approximate surface area is 115 Å². The molecule has 0 amide bonds. The number of aromatic nitrogens is 1. The predicted molar refractivity (Wildman–Crippen MR) is 79.0 cm³/mol. The summed E-state index contributed by atoms with van der Waals surface area (Å²) in [5, 5.41) is 4.90. The van der Waals surface area contributed by atoms with Gasteiger partial charge in [-0.1, -0.05) is 32.6 Å². The first-order chi connectivity index (χ1) is 8.78. The molecule has 2 unspecified atom stereocenters. The number of nitrogens with one attached hydrogen (secondary N) is 1. The standard InChI is InChI=1S/C15H26N2S/c1-3-5-13-6-4-7-14(9-8-13)17-11-15-10-16-12(2)18-15/h10,13-14,17H,3-9,11H2,1-2H3. The quantitative estimate of drug-likeness (QED) is 0.804. The second-order valence-electron chi connectivity index (χ2n) is 5.59. The number of hydrogen-bond donors (Lipinski definition) is 1. The zero-order chi connectivity index (χ0) is 12.8. The average molecular weight is 266 g/mol. The van der Waals surface area contributed by atoms with E-state index in [0.717, 1.165) is 18.5 Å². The van der Waals surface area contributed by atoms with Crippen molar-refractivity contribution in [2.24, 2.45) is 5.92 Å². The fraction of sp³-hybridized carbons (Fsp3) is 0.800. The van der Waals surface area contributed by atoms with Crippen LogP contribution in [-0.2, 0) is 6.54 Å². The molecule has 0 saturated heterocycles. The highest BCUT2D eigenvalue weighted by Gasteiger charge is 2.17. The van der Waals surface area contributed by atoms with Gasteiger partial charge in [-0.15, -0.1) is 11.3 Å². The SMILES string of the molecule is CCCC1CCCC(NCc2cnc(C)s2)CC1. The second kappa shape index (κ2) is 7.25. The lowest BCUT2D eigenvalue weighted by Gasteiger charge is -2.16. The van der Waals surface area contributed by atoms with Crippen LogP contribution in [0.25, 0.3) is 0 Å². The van der Waals surface area contributed by atoms with Crippen molar-refractivity contribution in [3.63, 3.8) is 0 Å². The van der Waals surface area contributed by atoms with Crippen molar-refractivity contribution in [3.8, 4) is 0 Å². The van der Waals surface area contributed by atoms with E-state index in [0.29, 0.717) is 0 Å². The molecule has 1 aliphatic rings. The lowest BCUT2D eigenvalue weighted by Crippen LogP contribution is -2.27. The molecule has 102 valence electrons. The molecular formula is C15H26N2S. The Balaban J connectivity index is 1.73. The van der Waals surface area contributed by atoms with Crippen LogP contribution >= 0.6 is 11.3 Å². The number of aryl methyl sites for hydroxylation is 1. The van der Waals surface area contributed by atoms with E-state index in [-0.39, 0.29) is 0 Å². The van der Waals surface area contributed by atoms with E-state index in [1.54, 1.807) is 0 Å². The lowest BCUT2D eigenvalue weighted by molar-refractivity contribution is 0.410. The van der Waals surface area contributed by atoms with E-state index < -0.39 is 0 Å². The van der Waals surface area contributed by atoms with Gasteiger partial charge in [0.05, 0.1) is 5.01 Å². The third-order valence-electron chi connectivity index (χ3n) is 4.02. The monoisotopic (exact) mass is 266 g/mol. The van der Waals surface area contributed by atoms with Gasteiger partial charge in [-0.25, -0.2) is 4.98 Å². The molecule has 1 aromatic heterocycles. The van der Waals surface area contributed by atoms with Gasteiger partial charge in [0.2, 0.25) is 0 Å². The van der Waals surface area contributed by atoms with Gasteiger partial charge in [0.15, 0.2) is 0 Å². The third kappa shape index (κ3) is 4.36. The summed E-state index contributed by atoms with van der Waals surface area (Å²) in [6, 6.07) is 0.731. The van der Waals surface area contributed by atoms with Gasteiger partial charge in [0.1, 0.15) is 0 Å². The van der Waals surface area contributed by atoms with Gasteiger partial charge in [0, 0.05) is 23.7 Å². The number of nitrogens with zero attached hydrogens (tertiary/aromatic N) is 1. The molecule has 2 rings (SSSR count). The molecule has 2 nitrogen and oxygen atoms in total. The molecule has 0 aromatic carbocycles. The fourth-order valence-corrected chi connectivity index (χ4v) is 3.76. The zero-order valence-electron chi connectivity index (χ0n) is 11.7. The number of rotatable bonds is 5. The smallest absolute Gasteiger partial charge is 0.0897 e. The number of hydrogen-bond acceptors (Lipinski definition) is 3. The van der Waals surface area contributed by atoms with Crippen LogP contribution in [0.5, 0.6) is 0 Å². The summed E-state index contributed by atoms with van der Waals surface area (Å²) in [4.78, 5) is 5.69. The van der Waals surface area contributed by atoms with Gasteiger partial charge < -0.3 is 5.32 Å². The molecule has 1 heterocycles. The van der Waals surface area contributed by atoms with Crippen molar-refractivity contribution >= 4 is 11.3 Å². The molecule has 2 atom stereocenters. The Morgan fingerprint density at radius 2 is 2.22 bits per heavy atom. The number of thiazole rings is 1. The Hall–Kier alpha value is -0.410. The predicted octanol–water partition coefficient (Wildman–Crippen LogP) is 4.29. The maximum absolute atomic E-state index is 4.31. The van der Waals surface area contributed by atoms with Crippen molar-refractivity contribution < 1.29 is 0 Å². The molecule has 0 aliphatic heterocycles. The Bertz CT molecular complexity index is 348. The van der Waals surface area contributed by atoms with Crippen LogP contribution in [0.3, 0.4) is 0 Å². The van der Waals surface area contributed by atoms with Crippen LogP contribution in [0, 0.1) is 12.8 Å². The summed E-state index contributed by atoms with van der Waals surface area (Å²) in [7, 11) is 0. The first-order valence-electron chi connectivity index (χ1n) is 7.42. The summed E-state index contributed by atoms with van der Waals surface area (Å²) in [6.07, 6.45) is 11.8. The van der Waals surface area contributed by atoms with Crippen molar-refractivity contribution in [1.29, 1.82) is 0 Å². The normalized spacial score (nSPS) is 25.0. The molecule has 1 fully saturated rings. The van der Waals surface area contributed by atoms with Crippen LogP contribution in [-0.4, -0.2) is 11.0 Å². The fourth-order valence-electron chi connectivity index (χ4n) is 3.01. The maximum Gasteiger partial charge on any atom is 0.0897 e. The minimum atomic E-state index is 0.731. The highest BCUT2D eigenvalue weighted by atomic mass is 32.1. The molecule has 0 radical (unpaired) electrons. The van der Waals surface area contributed by atoms with Crippen molar-refractivity contribution in [2.75, 3.05) is 0 Å². The Kier molecular flexibility index (Phi) is 5.64. The first-order valence-corrected chi connectivity index (χ1v) is 8.24. The minimum Gasteiger partial charge on any atom is -0.309 e. The minimum absolute atomic E-state index is 0.731. The second-order valence-corrected chi connectivity index (χ2v) is 6.91. The van der Waals surface area contributed by atoms with E-state index in [9.17, 15) is 0 Å². The molecule has 1 N–H and O–H groups in total. The molecule has 1 aliphatic carbocycles. The molecular weight excluding hydrogens is 240 g/mol. The van der Waals surface area contributed by atoms with E-state index in [1.807, 2.05) is 17.5 Å². The largest absolute Gasteiger partial charge is 0.309 e. The van der Waals surface area contributed by atoms with Crippen LogP contribution in [0.1, 0.15) is 61.8 Å². The third-order valence-corrected chi connectivity index (χ3v) is 4.93. The van der Waals surface area contributed by atoms with Crippen LogP contribution in [0.2, 0.25) is 0 Å². The summed E-state index contributed by atoms with van der Waals surface area (Å²) >= 11 is 1.82. The van der Waals surface area contributed by atoms with E-state index >= 15 is 0 Å². The molecule has 1 saturated carbocycles. The summed E-state index contributed by atoms with van der Waals surface area (Å²) in [5.74, 6) is 0.993. The Morgan fingerprint density at radius 3 is 2.94 bits per heavy atom. The van der Waals surface area contributed by atoms with E-state index in [1.165, 1.54) is 54.8 Å². The molecule has 0 bridgehead atoms. The highest BCUT2D eigenvalue weighted by Crippen LogP contribution is 2.27. The van der Waals surface area contributed by atoms with Crippen LogP contribution < -0.4 is 5.32 Å². The maximum atomic E-state index is 4.31. The molecule has 18 heavy (non-hydrogen) atoms. The molecule has 0 spiro atoms. The van der Waals surface area contributed by atoms with Crippen LogP contribution in [0.4, 0.5) is 0 Å².